The fourth-order valence-corrected chi connectivity index (χ4v) is 3.35. The Hall–Kier alpha value is -3.14. The van der Waals surface area contributed by atoms with E-state index >= 15 is 0 Å². The molecule has 1 aromatic heterocycles. The van der Waals surface area contributed by atoms with Crippen LogP contribution in [0.1, 0.15) is 29.8 Å². The summed E-state index contributed by atoms with van der Waals surface area (Å²) in [7, 11) is 0. The summed E-state index contributed by atoms with van der Waals surface area (Å²) in [6, 6.07) is 9.61. The number of rotatable bonds is 3. The van der Waals surface area contributed by atoms with Gasteiger partial charge in [0, 0.05) is 30.5 Å². The van der Waals surface area contributed by atoms with Crippen molar-refractivity contribution in [3.05, 3.63) is 53.1 Å². The Morgan fingerprint density at radius 2 is 1.93 bits per heavy atom. The smallest absolute Gasteiger partial charge is 0.319 e. The van der Waals surface area contributed by atoms with E-state index < -0.39 is 0 Å². The monoisotopic (exact) mass is 367 g/mol. The topological polar surface area (TPSA) is 81.0 Å². The molecule has 7 heteroatoms. The van der Waals surface area contributed by atoms with Gasteiger partial charge in [0.05, 0.1) is 16.9 Å². The van der Waals surface area contributed by atoms with Gasteiger partial charge in [-0.1, -0.05) is 0 Å². The van der Waals surface area contributed by atoms with E-state index in [0.717, 1.165) is 43.0 Å². The highest BCUT2D eigenvalue weighted by atomic mass is 19.1. The Kier molecular flexibility index (Phi) is 5.55. The maximum absolute atomic E-state index is 12.9. The SMILES string of the molecule is Cc1cc(N2CCC(NC(=O)Nc3ccc(F)cc3)CC2)c(C#N)c(C)n1. The lowest BCUT2D eigenvalue weighted by molar-refractivity contribution is 0.246. The van der Waals surface area contributed by atoms with Crippen molar-refractivity contribution in [2.75, 3.05) is 23.3 Å². The molecule has 0 aliphatic carbocycles. The molecule has 6 nitrogen and oxygen atoms in total. The summed E-state index contributed by atoms with van der Waals surface area (Å²) in [6.07, 6.45) is 1.56. The summed E-state index contributed by atoms with van der Waals surface area (Å²) in [6.45, 7) is 5.27. The zero-order valence-electron chi connectivity index (χ0n) is 15.4. The van der Waals surface area contributed by atoms with Gasteiger partial charge in [0.2, 0.25) is 0 Å². The van der Waals surface area contributed by atoms with Crippen LogP contribution in [-0.2, 0) is 0 Å². The first-order chi connectivity index (χ1) is 13.0. The molecule has 0 spiro atoms. The first kappa shape index (κ1) is 18.6. The molecule has 1 fully saturated rings. The van der Waals surface area contributed by atoms with Gasteiger partial charge in [-0.05, 0) is 57.0 Å². The second-order valence-corrected chi connectivity index (χ2v) is 6.72. The molecule has 27 heavy (non-hydrogen) atoms. The first-order valence-electron chi connectivity index (χ1n) is 8.92. The third kappa shape index (κ3) is 4.53. The van der Waals surface area contributed by atoms with Crippen molar-refractivity contribution in [3.8, 4) is 6.07 Å². The van der Waals surface area contributed by atoms with Gasteiger partial charge < -0.3 is 15.5 Å². The molecule has 0 radical (unpaired) electrons. The number of aromatic nitrogens is 1. The Morgan fingerprint density at radius 3 is 2.56 bits per heavy atom. The molecular formula is C20H22FN5O. The molecule has 0 unspecified atom stereocenters. The van der Waals surface area contributed by atoms with Crippen molar-refractivity contribution in [1.82, 2.24) is 10.3 Å². The maximum Gasteiger partial charge on any atom is 0.319 e. The molecule has 3 rings (SSSR count). The van der Waals surface area contributed by atoms with Crippen LogP contribution in [0.2, 0.25) is 0 Å². The third-order valence-electron chi connectivity index (χ3n) is 4.69. The number of carbonyl (C=O) groups is 1. The predicted octanol–water partition coefficient (Wildman–Crippen LogP) is 3.50. The molecule has 0 bridgehead atoms. The Bertz CT molecular complexity index is 867. The van der Waals surface area contributed by atoms with Crippen molar-refractivity contribution < 1.29 is 9.18 Å². The van der Waals surface area contributed by atoms with E-state index in [4.69, 9.17) is 0 Å². The first-order valence-corrected chi connectivity index (χ1v) is 8.92. The number of nitrogens with one attached hydrogen (secondary N) is 2. The van der Waals surface area contributed by atoms with Gasteiger partial charge in [0.1, 0.15) is 11.9 Å². The van der Waals surface area contributed by atoms with E-state index in [-0.39, 0.29) is 17.9 Å². The minimum Gasteiger partial charge on any atom is -0.370 e. The van der Waals surface area contributed by atoms with Crippen LogP contribution < -0.4 is 15.5 Å². The van der Waals surface area contributed by atoms with E-state index in [1.165, 1.54) is 24.3 Å². The molecule has 2 heterocycles. The van der Waals surface area contributed by atoms with E-state index in [1.807, 2.05) is 19.9 Å². The lowest BCUT2D eigenvalue weighted by atomic mass is 10.0. The lowest BCUT2D eigenvalue weighted by Crippen LogP contribution is -2.46. The van der Waals surface area contributed by atoms with Crippen LogP contribution in [0.5, 0.6) is 0 Å². The summed E-state index contributed by atoms with van der Waals surface area (Å²) in [5.41, 5.74) is 3.71. The van der Waals surface area contributed by atoms with Gasteiger partial charge >= 0.3 is 6.03 Å². The molecule has 0 saturated carbocycles. The summed E-state index contributed by atoms with van der Waals surface area (Å²) in [4.78, 5) is 18.7. The van der Waals surface area contributed by atoms with E-state index in [9.17, 15) is 14.4 Å². The van der Waals surface area contributed by atoms with Crippen LogP contribution in [0, 0.1) is 31.0 Å². The number of anilines is 2. The maximum atomic E-state index is 12.9. The summed E-state index contributed by atoms with van der Waals surface area (Å²) in [5.74, 6) is -0.341. The molecule has 140 valence electrons. The number of hydrogen-bond donors (Lipinski definition) is 2. The van der Waals surface area contributed by atoms with Crippen LogP contribution in [0.25, 0.3) is 0 Å². The Labute approximate surface area is 158 Å². The third-order valence-corrected chi connectivity index (χ3v) is 4.69. The van der Waals surface area contributed by atoms with E-state index in [1.54, 1.807) is 0 Å². The summed E-state index contributed by atoms with van der Waals surface area (Å²) in [5, 5.41) is 15.1. The van der Waals surface area contributed by atoms with Crippen LogP contribution in [-0.4, -0.2) is 30.1 Å². The number of urea groups is 1. The number of hydrogen-bond acceptors (Lipinski definition) is 4. The number of pyridine rings is 1. The van der Waals surface area contributed by atoms with Crippen molar-refractivity contribution in [1.29, 1.82) is 5.26 Å². The number of halogens is 1. The van der Waals surface area contributed by atoms with Gasteiger partial charge in [-0.2, -0.15) is 5.26 Å². The molecule has 2 N–H and O–H groups in total. The van der Waals surface area contributed by atoms with Crippen LogP contribution in [0.4, 0.5) is 20.6 Å². The van der Waals surface area contributed by atoms with Crippen molar-refractivity contribution in [3.63, 3.8) is 0 Å². The molecule has 1 aromatic carbocycles. The summed E-state index contributed by atoms with van der Waals surface area (Å²) < 4.78 is 12.9. The Balaban J connectivity index is 1.57. The van der Waals surface area contributed by atoms with Gasteiger partial charge in [-0.15, -0.1) is 0 Å². The second kappa shape index (κ2) is 8.04. The largest absolute Gasteiger partial charge is 0.370 e. The number of amides is 2. The highest BCUT2D eigenvalue weighted by Gasteiger charge is 2.23. The molecule has 1 aliphatic heterocycles. The van der Waals surface area contributed by atoms with Crippen LogP contribution >= 0.6 is 0 Å². The number of benzene rings is 1. The molecular weight excluding hydrogens is 345 g/mol. The van der Waals surface area contributed by atoms with Gasteiger partial charge in [0.25, 0.3) is 0 Å². The fourth-order valence-electron chi connectivity index (χ4n) is 3.35. The zero-order chi connectivity index (χ0) is 19.4. The standard InChI is InChI=1S/C20H22FN5O/c1-13-11-19(18(12-22)14(2)23-13)26-9-7-17(8-10-26)25-20(27)24-16-5-3-15(21)4-6-16/h3-6,11,17H,7-10H2,1-2H3,(H2,24,25,27). The van der Waals surface area contributed by atoms with Gasteiger partial charge in [-0.3, -0.25) is 4.98 Å². The molecule has 1 aliphatic rings. The van der Waals surface area contributed by atoms with Crippen LogP contribution in [0.15, 0.2) is 30.3 Å². The van der Waals surface area contributed by atoms with Gasteiger partial charge in [0.15, 0.2) is 0 Å². The summed E-state index contributed by atoms with van der Waals surface area (Å²) >= 11 is 0. The second-order valence-electron chi connectivity index (χ2n) is 6.72. The average molecular weight is 367 g/mol. The number of nitriles is 1. The average Bonchev–Trinajstić information content (AvgIpc) is 2.64. The minimum atomic E-state index is -0.341. The highest BCUT2D eigenvalue weighted by molar-refractivity contribution is 5.89. The Morgan fingerprint density at radius 1 is 1.26 bits per heavy atom. The van der Waals surface area contributed by atoms with Crippen molar-refractivity contribution >= 4 is 17.4 Å². The molecule has 1 saturated heterocycles. The molecule has 2 amide bonds. The molecule has 0 atom stereocenters. The zero-order valence-corrected chi connectivity index (χ0v) is 15.4. The van der Waals surface area contributed by atoms with Crippen LogP contribution in [0.3, 0.4) is 0 Å². The van der Waals surface area contributed by atoms with Crippen molar-refractivity contribution in [2.24, 2.45) is 0 Å². The number of aryl methyl sites for hydroxylation is 2. The quantitative estimate of drug-likeness (QED) is 0.870. The lowest BCUT2D eigenvalue weighted by Gasteiger charge is -2.34. The van der Waals surface area contributed by atoms with Crippen molar-refractivity contribution in [2.45, 2.75) is 32.7 Å². The van der Waals surface area contributed by atoms with Gasteiger partial charge in [-0.25, -0.2) is 9.18 Å². The minimum absolute atomic E-state index is 0.0521. The number of nitrogens with zero attached hydrogens (tertiary/aromatic N) is 3. The predicted molar refractivity (Wildman–Crippen MR) is 102 cm³/mol. The number of carbonyl (C=O) groups excluding carboxylic acids is 1. The molecule has 2 aromatic rings. The number of piperidine rings is 1. The van der Waals surface area contributed by atoms with E-state index in [0.29, 0.717) is 11.3 Å². The normalized spacial score (nSPS) is 14.5. The van der Waals surface area contributed by atoms with E-state index in [2.05, 4.69) is 26.6 Å². The fraction of sp³-hybridized carbons (Fsp3) is 0.350. The highest BCUT2D eigenvalue weighted by Crippen LogP contribution is 2.26.